The molecule has 3 rings (SSSR count). The lowest BCUT2D eigenvalue weighted by Gasteiger charge is -2.42. The van der Waals surface area contributed by atoms with Crippen LogP contribution in [0.2, 0.25) is 0 Å². The summed E-state index contributed by atoms with van der Waals surface area (Å²) in [4.78, 5) is 41.8. The number of carbonyl (C=O) groups excluding carboxylic acids is 3. The first-order chi connectivity index (χ1) is 15.3. The van der Waals surface area contributed by atoms with Crippen molar-refractivity contribution in [1.82, 2.24) is 4.90 Å². The molecule has 7 nitrogen and oxygen atoms in total. The molecule has 1 aliphatic carbocycles. The van der Waals surface area contributed by atoms with Crippen LogP contribution in [0.3, 0.4) is 0 Å². The van der Waals surface area contributed by atoms with Gasteiger partial charge in [-0.2, -0.15) is 0 Å². The van der Waals surface area contributed by atoms with Gasteiger partial charge in [0.05, 0.1) is 0 Å². The van der Waals surface area contributed by atoms with E-state index < -0.39 is 40.3 Å². The second-order valence-electron chi connectivity index (χ2n) is 10.8. The zero-order valence-corrected chi connectivity index (χ0v) is 20.4. The Morgan fingerprint density at radius 2 is 1.42 bits per heavy atom. The van der Waals surface area contributed by atoms with E-state index in [4.69, 9.17) is 9.47 Å². The lowest BCUT2D eigenvalue weighted by molar-refractivity contribution is -0.163. The number of amides is 1. The van der Waals surface area contributed by atoms with E-state index in [-0.39, 0.29) is 11.6 Å². The first-order valence-electron chi connectivity index (χ1n) is 11.6. The zero-order valence-electron chi connectivity index (χ0n) is 20.4. The summed E-state index contributed by atoms with van der Waals surface area (Å²) in [6.45, 7) is 10.1. The summed E-state index contributed by atoms with van der Waals surface area (Å²) < 4.78 is 11.1. The van der Waals surface area contributed by atoms with Gasteiger partial charge < -0.3 is 14.6 Å². The highest BCUT2D eigenvalue weighted by Crippen LogP contribution is 2.46. The molecule has 180 valence electrons. The van der Waals surface area contributed by atoms with Crippen LogP contribution >= 0.6 is 0 Å². The Labute approximate surface area is 195 Å². The van der Waals surface area contributed by atoms with Gasteiger partial charge in [-0.15, -0.1) is 0 Å². The van der Waals surface area contributed by atoms with E-state index in [1.807, 2.05) is 0 Å². The topological polar surface area (TPSA) is 93.1 Å². The average molecular weight is 458 g/mol. The van der Waals surface area contributed by atoms with Crippen molar-refractivity contribution in [3.8, 4) is 0 Å². The number of carbonyl (C=O) groups is 3. The molecule has 2 aliphatic rings. The van der Waals surface area contributed by atoms with Crippen LogP contribution in [-0.2, 0) is 29.6 Å². The Kier molecular flexibility index (Phi) is 6.76. The highest BCUT2D eigenvalue weighted by atomic mass is 16.6. The van der Waals surface area contributed by atoms with Crippen molar-refractivity contribution in [2.24, 2.45) is 0 Å². The van der Waals surface area contributed by atoms with Gasteiger partial charge in [0.25, 0.3) is 5.91 Å². The molecule has 1 atom stereocenters. The molecule has 1 saturated carbocycles. The highest BCUT2D eigenvalue weighted by Gasteiger charge is 2.59. The Morgan fingerprint density at radius 3 is 1.94 bits per heavy atom. The molecule has 33 heavy (non-hydrogen) atoms. The number of benzene rings is 1. The van der Waals surface area contributed by atoms with Crippen LogP contribution in [-0.4, -0.2) is 45.1 Å². The van der Waals surface area contributed by atoms with Crippen LogP contribution in [0, 0.1) is 0 Å². The van der Waals surface area contributed by atoms with Crippen molar-refractivity contribution in [2.75, 3.05) is 0 Å². The number of ether oxygens (including phenoxy) is 2. The van der Waals surface area contributed by atoms with E-state index in [9.17, 15) is 19.5 Å². The molecule has 1 N–H and O–H groups in total. The fourth-order valence-corrected chi connectivity index (χ4v) is 4.48. The van der Waals surface area contributed by atoms with Gasteiger partial charge in [0.2, 0.25) is 5.72 Å². The minimum Gasteiger partial charge on any atom is -0.456 e. The van der Waals surface area contributed by atoms with E-state index in [1.54, 1.807) is 71.9 Å². The average Bonchev–Trinajstić information content (AvgIpc) is 2.95. The molecule has 1 aromatic carbocycles. The van der Waals surface area contributed by atoms with Gasteiger partial charge in [-0.1, -0.05) is 49.6 Å². The van der Waals surface area contributed by atoms with Crippen molar-refractivity contribution in [1.29, 1.82) is 0 Å². The van der Waals surface area contributed by atoms with Gasteiger partial charge in [0.15, 0.2) is 0 Å². The zero-order chi connectivity index (χ0) is 24.6. The number of hydrogen-bond donors (Lipinski definition) is 1. The quantitative estimate of drug-likeness (QED) is 0.543. The van der Waals surface area contributed by atoms with Crippen LogP contribution in [0.5, 0.6) is 0 Å². The molecule has 1 unspecified atom stereocenters. The second-order valence-corrected chi connectivity index (χ2v) is 10.8. The minimum atomic E-state index is -2.14. The van der Waals surface area contributed by atoms with Gasteiger partial charge >= 0.3 is 11.9 Å². The van der Waals surface area contributed by atoms with Crippen molar-refractivity contribution in [3.63, 3.8) is 0 Å². The number of esters is 2. The lowest BCUT2D eigenvalue weighted by Crippen LogP contribution is -2.53. The van der Waals surface area contributed by atoms with Crippen LogP contribution in [0.15, 0.2) is 41.5 Å². The largest absolute Gasteiger partial charge is 0.456 e. The third-order valence-corrected chi connectivity index (χ3v) is 5.70. The number of rotatable bonds is 4. The van der Waals surface area contributed by atoms with E-state index in [1.165, 1.54) is 4.90 Å². The lowest BCUT2D eigenvalue weighted by atomic mass is 9.88. The maximum absolute atomic E-state index is 13.8. The Balaban J connectivity index is 2.26. The van der Waals surface area contributed by atoms with E-state index in [2.05, 4.69) is 0 Å². The summed E-state index contributed by atoms with van der Waals surface area (Å²) in [6.07, 6.45) is 4.16. The predicted molar refractivity (Wildman–Crippen MR) is 123 cm³/mol. The Morgan fingerprint density at radius 1 is 0.909 bits per heavy atom. The minimum absolute atomic E-state index is 0.323. The first-order valence-corrected chi connectivity index (χ1v) is 11.6. The maximum atomic E-state index is 13.8. The highest BCUT2D eigenvalue weighted by molar-refractivity contribution is 6.24. The van der Waals surface area contributed by atoms with Crippen molar-refractivity contribution in [3.05, 3.63) is 47.0 Å². The number of aliphatic hydroxyl groups is 1. The van der Waals surface area contributed by atoms with Crippen LogP contribution in [0.4, 0.5) is 0 Å². The summed E-state index contributed by atoms with van der Waals surface area (Å²) in [6, 6.07) is 8.18. The molecule has 0 bridgehead atoms. The normalized spacial score (nSPS) is 22.5. The van der Waals surface area contributed by atoms with E-state index in [0.717, 1.165) is 19.3 Å². The molecule has 1 fully saturated rings. The van der Waals surface area contributed by atoms with Gasteiger partial charge in [-0.3, -0.25) is 9.69 Å². The smallest absolute Gasteiger partial charge is 0.345 e. The molecular formula is C26H35NO6. The summed E-state index contributed by atoms with van der Waals surface area (Å²) in [5, 5.41) is 12.2. The van der Waals surface area contributed by atoms with Gasteiger partial charge in [0.1, 0.15) is 22.3 Å². The molecule has 0 saturated heterocycles. The summed E-state index contributed by atoms with van der Waals surface area (Å²) in [5.41, 5.74) is -4.46. The third kappa shape index (κ3) is 5.13. The number of nitrogens with zero attached hydrogens (tertiary/aromatic N) is 1. The fourth-order valence-electron chi connectivity index (χ4n) is 4.48. The Bertz CT molecular complexity index is 947. The molecule has 7 heteroatoms. The molecule has 1 aliphatic heterocycles. The standard InChI is InChI=1S/C26H35NO6/c1-24(2,3)32-22(29)19-20(23(30)33-25(4,5)6)26(31,17-13-9-7-10-14-17)27(21(19)28)18-15-11-8-12-16-18/h7,9-10,13-14,18,31H,8,11-12,15-16H2,1-6H3. The first kappa shape index (κ1) is 25.0. The van der Waals surface area contributed by atoms with Crippen LogP contribution < -0.4 is 0 Å². The monoisotopic (exact) mass is 457 g/mol. The summed E-state index contributed by atoms with van der Waals surface area (Å²) in [5.74, 6) is -2.56. The Hall–Kier alpha value is -2.67. The fraction of sp³-hybridized carbons (Fsp3) is 0.577. The van der Waals surface area contributed by atoms with Crippen LogP contribution in [0.1, 0.15) is 79.2 Å². The second kappa shape index (κ2) is 8.93. The van der Waals surface area contributed by atoms with Gasteiger partial charge in [-0.05, 0) is 54.4 Å². The molecule has 1 amide bonds. The molecular weight excluding hydrogens is 422 g/mol. The van der Waals surface area contributed by atoms with Crippen molar-refractivity contribution in [2.45, 2.75) is 96.6 Å². The van der Waals surface area contributed by atoms with Crippen molar-refractivity contribution >= 4 is 17.8 Å². The summed E-state index contributed by atoms with van der Waals surface area (Å²) in [7, 11) is 0. The molecule has 1 heterocycles. The van der Waals surface area contributed by atoms with Gasteiger partial charge in [-0.25, -0.2) is 9.59 Å². The SMILES string of the molecule is CC(C)(C)OC(=O)C1=C(C(=O)OC(C)(C)C)C(O)(c2ccccc2)N(C2CCCCC2)C1=O. The van der Waals surface area contributed by atoms with Crippen molar-refractivity contribution < 1.29 is 29.0 Å². The molecule has 0 radical (unpaired) electrons. The third-order valence-electron chi connectivity index (χ3n) is 5.70. The maximum Gasteiger partial charge on any atom is 0.345 e. The molecule has 0 aromatic heterocycles. The predicted octanol–water partition coefficient (Wildman–Crippen LogP) is 3.99. The van der Waals surface area contributed by atoms with E-state index >= 15 is 0 Å². The molecule has 1 aromatic rings. The van der Waals surface area contributed by atoms with Gasteiger partial charge in [0, 0.05) is 11.6 Å². The number of hydrogen-bond acceptors (Lipinski definition) is 6. The summed E-state index contributed by atoms with van der Waals surface area (Å²) >= 11 is 0. The van der Waals surface area contributed by atoms with E-state index in [0.29, 0.717) is 18.4 Å². The van der Waals surface area contributed by atoms with Crippen LogP contribution in [0.25, 0.3) is 0 Å². The molecule has 0 spiro atoms.